The number of hydroxylamine groups is 1. The highest BCUT2D eigenvalue weighted by molar-refractivity contribution is 7.89. The molecule has 1 atom stereocenters. The van der Waals surface area contributed by atoms with Crippen molar-refractivity contribution in [3.63, 3.8) is 0 Å². The summed E-state index contributed by atoms with van der Waals surface area (Å²) >= 11 is 0. The summed E-state index contributed by atoms with van der Waals surface area (Å²) in [6, 6.07) is 11.1. The maximum atomic E-state index is 12.7. The number of rotatable bonds is 13. The van der Waals surface area contributed by atoms with Crippen LogP contribution in [0, 0.1) is 11.8 Å². The molecule has 1 unspecified atom stereocenters. The zero-order valence-electron chi connectivity index (χ0n) is 19.5. The first-order chi connectivity index (χ1) is 16.8. The minimum Gasteiger partial charge on any atom is -0.497 e. The Hall–Kier alpha value is -3.59. The van der Waals surface area contributed by atoms with Gasteiger partial charge >= 0.3 is 0 Å². The lowest BCUT2D eigenvalue weighted by Crippen LogP contribution is -2.45. The van der Waals surface area contributed by atoms with Crippen molar-refractivity contribution in [1.82, 2.24) is 15.5 Å². The number of carbonyl (C=O) groups is 2. The van der Waals surface area contributed by atoms with Gasteiger partial charge in [0, 0.05) is 12.1 Å². The molecule has 4 N–H and O–H groups in total. The predicted octanol–water partition coefficient (Wildman–Crippen LogP) is 1.85. The van der Waals surface area contributed by atoms with E-state index in [1.807, 2.05) is 0 Å². The van der Waals surface area contributed by atoms with E-state index in [9.17, 15) is 18.0 Å². The highest BCUT2D eigenvalue weighted by Gasteiger charge is 2.25. The molecule has 0 aliphatic carbocycles. The summed E-state index contributed by atoms with van der Waals surface area (Å²) in [4.78, 5) is 24.2. The average Bonchev–Trinajstić information content (AvgIpc) is 2.87. The first-order valence-corrected chi connectivity index (χ1v) is 12.3. The summed E-state index contributed by atoms with van der Waals surface area (Å²) in [5.41, 5.74) is 1.97. The fourth-order valence-electron chi connectivity index (χ4n) is 3.00. The van der Waals surface area contributed by atoms with E-state index in [0.29, 0.717) is 36.4 Å². The molecule has 2 aromatic carbocycles. The number of hydrogen-bond acceptors (Lipinski definition) is 7. The Balaban J connectivity index is 1.87. The molecule has 0 aromatic heterocycles. The van der Waals surface area contributed by atoms with Gasteiger partial charge in [0.1, 0.15) is 24.1 Å². The number of methoxy groups -OCH3 is 1. The first kappa shape index (κ1) is 27.7. The number of nitrogens with one attached hydrogen (secondary N) is 3. The van der Waals surface area contributed by atoms with E-state index in [4.69, 9.17) is 14.7 Å². The van der Waals surface area contributed by atoms with Crippen LogP contribution in [0.1, 0.15) is 36.5 Å². The van der Waals surface area contributed by atoms with Gasteiger partial charge in [0.25, 0.3) is 11.8 Å². The van der Waals surface area contributed by atoms with Crippen LogP contribution < -0.4 is 25.0 Å². The van der Waals surface area contributed by atoms with Gasteiger partial charge in [0.15, 0.2) is 0 Å². The molecule has 2 amide bonds. The highest BCUT2D eigenvalue weighted by atomic mass is 32.2. The van der Waals surface area contributed by atoms with Crippen LogP contribution >= 0.6 is 0 Å². The molecule has 0 aliphatic rings. The molecule has 10 nitrogen and oxygen atoms in total. The van der Waals surface area contributed by atoms with Crippen molar-refractivity contribution in [2.75, 3.05) is 20.3 Å². The molecule has 2 rings (SSSR count). The fraction of sp³-hybridized carbons (Fsp3) is 0.333. The Morgan fingerprint density at radius 3 is 2.29 bits per heavy atom. The second-order valence-corrected chi connectivity index (χ2v) is 9.03. The summed E-state index contributed by atoms with van der Waals surface area (Å²) in [6.07, 6.45) is 1.02. The van der Waals surface area contributed by atoms with E-state index in [1.54, 1.807) is 31.2 Å². The molecule has 0 radical (unpaired) electrons. The standard InChI is InChI=1S/C24H29N3O7S/c1-3-4-17-34-20-12-14-21(15-13-20)35(31,32)27-22(24(29)26-30)7-5-6-16-25-23(28)18-8-10-19(33-2)11-9-18/h8-15,22,27,30H,5-7,16-17H2,1-2H3,(H,25,28)(H,26,29). The van der Waals surface area contributed by atoms with Crippen LogP contribution in [0.2, 0.25) is 0 Å². The second kappa shape index (κ2) is 14.0. The van der Waals surface area contributed by atoms with Crippen molar-refractivity contribution in [3.8, 4) is 23.3 Å². The van der Waals surface area contributed by atoms with E-state index in [-0.39, 0.29) is 23.8 Å². The van der Waals surface area contributed by atoms with Crippen molar-refractivity contribution >= 4 is 21.8 Å². The lowest BCUT2D eigenvalue weighted by atomic mass is 10.1. The van der Waals surface area contributed by atoms with Gasteiger partial charge in [0.05, 0.1) is 12.0 Å². The van der Waals surface area contributed by atoms with Gasteiger partial charge in [-0.15, -0.1) is 5.92 Å². The van der Waals surface area contributed by atoms with Crippen molar-refractivity contribution < 1.29 is 32.7 Å². The number of benzene rings is 2. The third-order valence-corrected chi connectivity index (χ3v) is 6.39. The Kier molecular flexibility index (Phi) is 11.0. The Bertz CT molecular complexity index is 1140. The average molecular weight is 504 g/mol. The molecular weight excluding hydrogens is 474 g/mol. The van der Waals surface area contributed by atoms with Gasteiger partial charge in [-0.2, -0.15) is 4.72 Å². The smallest absolute Gasteiger partial charge is 0.261 e. The number of amides is 2. The maximum Gasteiger partial charge on any atom is 0.261 e. The van der Waals surface area contributed by atoms with Crippen LogP contribution in [-0.2, 0) is 14.8 Å². The monoisotopic (exact) mass is 503 g/mol. The van der Waals surface area contributed by atoms with Crippen LogP contribution in [-0.4, -0.2) is 51.7 Å². The summed E-state index contributed by atoms with van der Waals surface area (Å²) in [6.45, 7) is 2.19. The second-order valence-electron chi connectivity index (χ2n) is 7.32. The molecule has 0 fully saturated rings. The molecule has 0 heterocycles. The van der Waals surface area contributed by atoms with Crippen LogP contribution in [0.15, 0.2) is 53.4 Å². The van der Waals surface area contributed by atoms with Crippen molar-refractivity contribution in [2.24, 2.45) is 0 Å². The molecule has 188 valence electrons. The van der Waals surface area contributed by atoms with Crippen LogP contribution in [0.25, 0.3) is 0 Å². The fourth-order valence-corrected chi connectivity index (χ4v) is 4.23. The number of ether oxygens (including phenoxy) is 2. The molecule has 11 heteroatoms. The Labute approximate surface area is 205 Å². The third kappa shape index (κ3) is 8.94. The number of carbonyl (C=O) groups excluding carboxylic acids is 2. The van der Waals surface area contributed by atoms with Gasteiger partial charge in [-0.3, -0.25) is 14.8 Å². The van der Waals surface area contributed by atoms with E-state index in [1.165, 1.54) is 36.9 Å². The van der Waals surface area contributed by atoms with E-state index >= 15 is 0 Å². The lowest BCUT2D eigenvalue weighted by Gasteiger charge is -2.17. The van der Waals surface area contributed by atoms with Gasteiger partial charge in [0.2, 0.25) is 10.0 Å². The molecule has 0 saturated heterocycles. The number of hydrogen-bond donors (Lipinski definition) is 4. The number of sulfonamides is 1. The summed E-state index contributed by atoms with van der Waals surface area (Å²) in [5, 5.41) is 11.8. The van der Waals surface area contributed by atoms with Gasteiger partial charge in [-0.25, -0.2) is 13.9 Å². The minimum atomic E-state index is -4.04. The molecule has 0 spiro atoms. The van der Waals surface area contributed by atoms with Crippen molar-refractivity contribution in [2.45, 2.75) is 37.1 Å². The molecule has 35 heavy (non-hydrogen) atoms. The van der Waals surface area contributed by atoms with E-state index in [0.717, 1.165) is 0 Å². The predicted molar refractivity (Wildman–Crippen MR) is 129 cm³/mol. The number of unbranched alkanes of at least 4 members (excludes halogenated alkanes) is 1. The highest BCUT2D eigenvalue weighted by Crippen LogP contribution is 2.17. The van der Waals surface area contributed by atoms with E-state index in [2.05, 4.69) is 21.9 Å². The Morgan fingerprint density at radius 1 is 1.03 bits per heavy atom. The minimum absolute atomic E-state index is 0.0612. The van der Waals surface area contributed by atoms with E-state index < -0.39 is 22.0 Å². The Morgan fingerprint density at radius 2 is 1.69 bits per heavy atom. The van der Waals surface area contributed by atoms with Crippen LogP contribution in [0.3, 0.4) is 0 Å². The van der Waals surface area contributed by atoms with Crippen LogP contribution in [0.4, 0.5) is 0 Å². The first-order valence-electron chi connectivity index (χ1n) is 10.8. The zero-order chi connectivity index (χ0) is 25.7. The van der Waals surface area contributed by atoms with Crippen molar-refractivity contribution in [1.29, 1.82) is 0 Å². The quantitative estimate of drug-likeness (QED) is 0.141. The van der Waals surface area contributed by atoms with Crippen LogP contribution in [0.5, 0.6) is 11.5 Å². The van der Waals surface area contributed by atoms with Gasteiger partial charge < -0.3 is 14.8 Å². The van der Waals surface area contributed by atoms with Gasteiger partial charge in [-0.05, 0) is 74.7 Å². The lowest BCUT2D eigenvalue weighted by molar-refractivity contribution is -0.131. The SMILES string of the molecule is CC#CCOc1ccc(S(=O)(=O)NC(CCCCNC(=O)c2ccc(OC)cc2)C(=O)NO)cc1. The summed E-state index contributed by atoms with van der Waals surface area (Å²) in [5.74, 6) is 5.38. The largest absolute Gasteiger partial charge is 0.497 e. The summed E-state index contributed by atoms with van der Waals surface area (Å²) in [7, 11) is -2.50. The zero-order valence-corrected chi connectivity index (χ0v) is 20.4. The maximum absolute atomic E-state index is 12.7. The van der Waals surface area contributed by atoms with Gasteiger partial charge in [-0.1, -0.05) is 5.92 Å². The molecule has 0 saturated carbocycles. The molecular formula is C24H29N3O7S. The summed E-state index contributed by atoms with van der Waals surface area (Å²) < 4.78 is 38.2. The normalized spacial score (nSPS) is 11.5. The topological polar surface area (TPSA) is 143 Å². The molecule has 2 aromatic rings. The molecule has 0 aliphatic heterocycles. The molecule has 0 bridgehead atoms. The third-order valence-electron chi connectivity index (χ3n) is 4.90. The van der Waals surface area contributed by atoms with Crippen molar-refractivity contribution in [3.05, 3.63) is 54.1 Å².